The van der Waals surface area contributed by atoms with Crippen LogP contribution in [0.15, 0.2) is 60.2 Å². The van der Waals surface area contributed by atoms with Crippen LogP contribution in [0.2, 0.25) is 10.0 Å². The number of para-hydroxylation sites is 1. The molecule has 36 heavy (non-hydrogen) atoms. The number of hydrogen-bond acceptors (Lipinski definition) is 7. The first-order chi connectivity index (χ1) is 17.3. The molecule has 0 aliphatic carbocycles. The van der Waals surface area contributed by atoms with Crippen LogP contribution in [0.5, 0.6) is 17.2 Å². The van der Waals surface area contributed by atoms with Crippen molar-refractivity contribution in [3.8, 4) is 23.3 Å². The minimum Gasteiger partial charge on any atom is -0.495 e. The fraction of sp³-hybridized carbons (Fsp3) is 0.120. The molecule has 0 bridgehead atoms. The highest BCUT2D eigenvalue weighted by Crippen LogP contribution is 2.35. The van der Waals surface area contributed by atoms with Gasteiger partial charge in [-0.3, -0.25) is 14.9 Å². The zero-order valence-electron chi connectivity index (χ0n) is 19.1. The maximum Gasteiger partial charge on any atom is 0.271 e. The van der Waals surface area contributed by atoms with Gasteiger partial charge in [0.25, 0.3) is 11.6 Å². The van der Waals surface area contributed by atoms with E-state index >= 15 is 0 Å². The Morgan fingerprint density at radius 2 is 1.86 bits per heavy atom. The molecule has 0 saturated carbocycles. The van der Waals surface area contributed by atoms with E-state index in [0.717, 1.165) is 6.07 Å². The highest BCUT2D eigenvalue weighted by molar-refractivity contribution is 6.35. The molecule has 0 aliphatic heterocycles. The van der Waals surface area contributed by atoms with Crippen LogP contribution in [-0.2, 0) is 11.4 Å². The Hall–Kier alpha value is -4.26. The second-order valence-corrected chi connectivity index (χ2v) is 8.01. The van der Waals surface area contributed by atoms with Crippen LogP contribution in [0.3, 0.4) is 0 Å². The predicted octanol–water partition coefficient (Wildman–Crippen LogP) is 6.04. The van der Waals surface area contributed by atoms with Crippen molar-refractivity contribution in [1.29, 1.82) is 5.26 Å². The minimum atomic E-state index is -0.800. The summed E-state index contributed by atoms with van der Waals surface area (Å²) in [6, 6.07) is 15.5. The molecular formula is C25H19Cl2N3O6. The molecule has 0 aromatic heterocycles. The number of non-ortho nitro benzene ring substituents is 1. The lowest BCUT2D eigenvalue weighted by atomic mass is 10.1. The number of carbonyl (C=O) groups is 1. The fourth-order valence-electron chi connectivity index (χ4n) is 3.15. The Morgan fingerprint density at radius 3 is 2.50 bits per heavy atom. The number of amides is 1. The average Bonchev–Trinajstić information content (AvgIpc) is 2.86. The maximum absolute atomic E-state index is 12.9. The zero-order valence-corrected chi connectivity index (χ0v) is 20.6. The number of methoxy groups -OCH3 is 2. The predicted molar refractivity (Wildman–Crippen MR) is 136 cm³/mol. The second-order valence-electron chi connectivity index (χ2n) is 7.17. The molecule has 3 aromatic carbocycles. The van der Waals surface area contributed by atoms with Crippen LogP contribution in [0.4, 0.5) is 11.4 Å². The molecule has 0 fully saturated rings. The number of nitrogens with zero attached hydrogens (tertiary/aromatic N) is 2. The lowest BCUT2D eigenvalue weighted by Gasteiger charge is -2.15. The molecular weight excluding hydrogens is 509 g/mol. The number of nitrogens with one attached hydrogen (secondary N) is 1. The van der Waals surface area contributed by atoms with Crippen molar-refractivity contribution in [2.24, 2.45) is 0 Å². The maximum atomic E-state index is 12.9. The SMILES string of the molecule is COc1ccc([N+](=O)[O-])cc1NC(=O)/C(C#N)=C/c1cccc(OC)c1OCc1ccc(Cl)cc1Cl. The first-order valence-corrected chi connectivity index (χ1v) is 11.0. The number of carbonyl (C=O) groups excluding carboxylic acids is 1. The van der Waals surface area contributed by atoms with Crippen molar-refractivity contribution in [2.75, 3.05) is 19.5 Å². The van der Waals surface area contributed by atoms with Crippen LogP contribution in [0, 0.1) is 21.4 Å². The van der Waals surface area contributed by atoms with Crippen LogP contribution in [-0.4, -0.2) is 25.1 Å². The molecule has 1 amide bonds. The summed E-state index contributed by atoms with van der Waals surface area (Å²) in [4.78, 5) is 23.4. The summed E-state index contributed by atoms with van der Waals surface area (Å²) < 4.78 is 16.5. The number of nitro groups is 1. The van der Waals surface area contributed by atoms with Crippen molar-refractivity contribution < 1.29 is 23.9 Å². The lowest BCUT2D eigenvalue weighted by molar-refractivity contribution is -0.384. The van der Waals surface area contributed by atoms with E-state index in [9.17, 15) is 20.2 Å². The summed E-state index contributed by atoms with van der Waals surface area (Å²) in [5.74, 6) is 0.0358. The Bertz CT molecular complexity index is 1380. The quantitative estimate of drug-likeness (QED) is 0.155. The lowest BCUT2D eigenvalue weighted by Crippen LogP contribution is -2.14. The fourth-order valence-corrected chi connectivity index (χ4v) is 3.61. The molecule has 184 valence electrons. The number of ether oxygens (including phenoxy) is 3. The number of benzene rings is 3. The van der Waals surface area contributed by atoms with Gasteiger partial charge in [-0.2, -0.15) is 5.26 Å². The number of nitriles is 1. The van der Waals surface area contributed by atoms with Gasteiger partial charge < -0.3 is 19.5 Å². The van der Waals surface area contributed by atoms with Gasteiger partial charge in [0.2, 0.25) is 0 Å². The molecule has 0 unspecified atom stereocenters. The normalized spacial score (nSPS) is 10.8. The molecule has 11 heteroatoms. The molecule has 3 aromatic rings. The Morgan fingerprint density at radius 1 is 1.11 bits per heavy atom. The largest absolute Gasteiger partial charge is 0.495 e. The van der Waals surface area contributed by atoms with Gasteiger partial charge in [-0.25, -0.2) is 0 Å². The molecule has 0 radical (unpaired) electrons. The number of halogens is 2. The van der Waals surface area contributed by atoms with E-state index in [1.54, 1.807) is 36.4 Å². The summed E-state index contributed by atoms with van der Waals surface area (Å²) in [7, 11) is 2.81. The van der Waals surface area contributed by atoms with Crippen molar-refractivity contribution >= 4 is 46.6 Å². The molecule has 0 heterocycles. The van der Waals surface area contributed by atoms with E-state index in [1.165, 1.54) is 32.4 Å². The van der Waals surface area contributed by atoms with Gasteiger partial charge in [0.1, 0.15) is 24.0 Å². The molecule has 0 aliphatic rings. The van der Waals surface area contributed by atoms with Gasteiger partial charge in [-0.15, -0.1) is 0 Å². The molecule has 3 rings (SSSR count). The highest BCUT2D eigenvalue weighted by Gasteiger charge is 2.18. The molecule has 0 atom stereocenters. The van der Waals surface area contributed by atoms with Crippen LogP contribution >= 0.6 is 23.2 Å². The Balaban J connectivity index is 1.93. The summed E-state index contributed by atoms with van der Waals surface area (Å²) in [6.45, 7) is 0.0657. The molecule has 9 nitrogen and oxygen atoms in total. The zero-order chi connectivity index (χ0) is 26.2. The third-order valence-electron chi connectivity index (χ3n) is 4.92. The van der Waals surface area contributed by atoms with Gasteiger partial charge in [0, 0.05) is 33.3 Å². The summed E-state index contributed by atoms with van der Waals surface area (Å²) in [6.07, 6.45) is 1.32. The number of hydrogen-bond donors (Lipinski definition) is 1. The minimum absolute atomic E-state index is 0.0392. The van der Waals surface area contributed by atoms with Crippen molar-refractivity contribution in [3.63, 3.8) is 0 Å². The number of rotatable bonds is 9. The van der Waals surface area contributed by atoms with Gasteiger partial charge in [-0.05, 0) is 30.3 Å². The molecule has 1 N–H and O–H groups in total. The van der Waals surface area contributed by atoms with E-state index in [2.05, 4.69) is 5.32 Å². The van der Waals surface area contributed by atoms with Gasteiger partial charge in [0.05, 0.1) is 24.8 Å². The van der Waals surface area contributed by atoms with Gasteiger partial charge >= 0.3 is 0 Å². The van der Waals surface area contributed by atoms with Crippen LogP contribution < -0.4 is 19.5 Å². The summed E-state index contributed by atoms with van der Waals surface area (Å²) in [5.41, 5.74) is 0.552. The Kier molecular flexibility index (Phi) is 8.73. The first kappa shape index (κ1) is 26.3. The highest BCUT2D eigenvalue weighted by atomic mass is 35.5. The van der Waals surface area contributed by atoms with E-state index in [4.69, 9.17) is 37.4 Å². The monoisotopic (exact) mass is 527 g/mol. The third-order valence-corrected chi connectivity index (χ3v) is 5.51. The molecule has 0 saturated heterocycles. The van der Waals surface area contributed by atoms with Crippen molar-refractivity contribution in [3.05, 3.63) is 91.5 Å². The number of anilines is 1. The third kappa shape index (κ3) is 6.24. The standard InChI is InChI=1S/C25H19Cl2N3O6/c1-34-22-9-8-19(30(32)33)12-21(22)29-25(31)17(13-28)10-15-4-3-5-23(35-2)24(15)36-14-16-6-7-18(26)11-20(16)27/h3-12H,14H2,1-2H3,(H,29,31)/b17-10+. The van der Waals surface area contributed by atoms with Gasteiger partial charge in [-0.1, -0.05) is 41.4 Å². The van der Waals surface area contributed by atoms with E-state index in [-0.39, 0.29) is 35.1 Å². The first-order valence-electron chi connectivity index (χ1n) is 10.3. The smallest absolute Gasteiger partial charge is 0.271 e. The topological polar surface area (TPSA) is 124 Å². The van der Waals surface area contributed by atoms with E-state index in [0.29, 0.717) is 26.9 Å². The van der Waals surface area contributed by atoms with E-state index in [1.807, 2.05) is 6.07 Å². The summed E-state index contributed by atoms with van der Waals surface area (Å²) >= 11 is 12.2. The van der Waals surface area contributed by atoms with Crippen molar-refractivity contribution in [2.45, 2.75) is 6.61 Å². The molecule has 0 spiro atoms. The average molecular weight is 528 g/mol. The number of nitro benzene ring substituents is 1. The van der Waals surface area contributed by atoms with Gasteiger partial charge in [0.15, 0.2) is 11.5 Å². The Labute approximate surface area is 216 Å². The van der Waals surface area contributed by atoms with Crippen LogP contribution in [0.1, 0.15) is 11.1 Å². The van der Waals surface area contributed by atoms with Crippen LogP contribution in [0.25, 0.3) is 6.08 Å². The van der Waals surface area contributed by atoms with E-state index < -0.39 is 10.8 Å². The van der Waals surface area contributed by atoms with Crippen molar-refractivity contribution in [1.82, 2.24) is 0 Å². The second kappa shape index (κ2) is 11.9. The summed E-state index contributed by atoms with van der Waals surface area (Å²) in [5, 5.41) is 24.2.